The van der Waals surface area contributed by atoms with Crippen LogP contribution >= 0.6 is 11.6 Å². The number of halogens is 1. The minimum Gasteiger partial charge on any atom is -0.379 e. The minimum absolute atomic E-state index is 0.235. The Morgan fingerprint density at radius 2 is 2.17 bits per heavy atom. The zero-order valence-corrected chi connectivity index (χ0v) is 11.9. The van der Waals surface area contributed by atoms with Crippen LogP contribution in [0.2, 0.25) is 5.02 Å². The molecule has 1 saturated carbocycles. The summed E-state index contributed by atoms with van der Waals surface area (Å²) in [6, 6.07) is 0.382. The van der Waals surface area contributed by atoms with Gasteiger partial charge in [-0.1, -0.05) is 25.4 Å². The van der Waals surface area contributed by atoms with E-state index in [0.717, 1.165) is 12.3 Å². The molecule has 5 heteroatoms. The Balaban J connectivity index is 2.15. The van der Waals surface area contributed by atoms with E-state index >= 15 is 0 Å². The van der Waals surface area contributed by atoms with Crippen molar-refractivity contribution in [3.63, 3.8) is 0 Å². The largest absolute Gasteiger partial charge is 0.379 e. The molecule has 0 aromatic carbocycles. The van der Waals surface area contributed by atoms with Gasteiger partial charge in [-0.2, -0.15) is 5.10 Å². The molecule has 0 saturated heterocycles. The summed E-state index contributed by atoms with van der Waals surface area (Å²) >= 11 is 6.06. The highest BCUT2D eigenvalue weighted by Gasteiger charge is 2.26. The van der Waals surface area contributed by atoms with E-state index in [-0.39, 0.29) is 10.6 Å². The minimum atomic E-state index is -0.251. The highest BCUT2D eigenvalue weighted by molar-refractivity contribution is 6.32. The summed E-state index contributed by atoms with van der Waals surface area (Å²) in [6.45, 7) is 4.54. The molecule has 4 nitrogen and oxygen atoms in total. The molecule has 3 atom stereocenters. The molecule has 1 heterocycles. The topological polar surface area (TPSA) is 46.9 Å². The van der Waals surface area contributed by atoms with Crippen LogP contribution in [-0.2, 0) is 7.05 Å². The van der Waals surface area contributed by atoms with Gasteiger partial charge in [0.05, 0.1) is 11.9 Å². The van der Waals surface area contributed by atoms with Crippen molar-refractivity contribution in [2.75, 3.05) is 5.32 Å². The highest BCUT2D eigenvalue weighted by atomic mass is 35.5. The lowest BCUT2D eigenvalue weighted by atomic mass is 9.80. The van der Waals surface area contributed by atoms with Crippen LogP contribution in [0.25, 0.3) is 0 Å². The van der Waals surface area contributed by atoms with Crippen molar-refractivity contribution < 1.29 is 0 Å². The van der Waals surface area contributed by atoms with Gasteiger partial charge in [-0.3, -0.25) is 4.79 Å². The van der Waals surface area contributed by atoms with Crippen LogP contribution in [0.1, 0.15) is 33.1 Å². The third kappa shape index (κ3) is 2.69. The molecule has 0 radical (unpaired) electrons. The molecule has 1 aliphatic carbocycles. The summed E-state index contributed by atoms with van der Waals surface area (Å²) in [7, 11) is 1.60. The second kappa shape index (κ2) is 5.31. The van der Waals surface area contributed by atoms with Crippen LogP contribution in [0, 0.1) is 11.8 Å². The average molecular weight is 270 g/mol. The molecule has 0 amide bonds. The normalized spacial score (nSPS) is 28.1. The summed E-state index contributed by atoms with van der Waals surface area (Å²) in [5.41, 5.74) is 0.407. The van der Waals surface area contributed by atoms with Gasteiger partial charge in [0, 0.05) is 13.1 Å². The van der Waals surface area contributed by atoms with E-state index in [2.05, 4.69) is 24.3 Å². The molecule has 1 aromatic rings. The predicted molar refractivity (Wildman–Crippen MR) is 74.1 cm³/mol. The second-order valence-corrected chi connectivity index (χ2v) is 5.83. The van der Waals surface area contributed by atoms with Gasteiger partial charge in [0.1, 0.15) is 5.02 Å². The van der Waals surface area contributed by atoms with E-state index in [1.54, 1.807) is 13.2 Å². The van der Waals surface area contributed by atoms with Crippen molar-refractivity contribution in [2.45, 2.75) is 39.2 Å². The van der Waals surface area contributed by atoms with Gasteiger partial charge >= 0.3 is 0 Å². The maximum absolute atomic E-state index is 11.7. The monoisotopic (exact) mass is 269 g/mol. The molecule has 3 unspecified atom stereocenters. The first-order valence-electron chi connectivity index (χ1n) is 6.47. The molecule has 2 rings (SSSR count). The Bertz CT molecular complexity index is 486. The summed E-state index contributed by atoms with van der Waals surface area (Å²) in [5, 5.41) is 7.62. The lowest BCUT2D eigenvalue weighted by Crippen LogP contribution is -2.34. The molecule has 100 valence electrons. The van der Waals surface area contributed by atoms with Gasteiger partial charge in [-0.15, -0.1) is 0 Å². The van der Waals surface area contributed by atoms with Crippen LogP contribution in [0.4, 0.5) is 5.69 Å². The Kier molecular flexibility index (Phi) is 3.95. The zero-order valence-electron chi connectivity index (χ0n) is 11.1. The fraction of sp³-hybridized carbons (Fsp3) is 0.692. The van der Waals surface area contributed by atoms with Gasteiger partial charge in [-0.25, -0.2) is 4.68 Å². The number of hydrogen-bond donors (Lipinski definition) is 1. The van der Waals surface area contributed by atoms with E-state index in [9.17, 15) is 4.79 Å². The third-order valence-electron chi connectivity index (χ3n) is 3.85. The SMILES string of the molecule is CC1CCC(Nc2cnn(C)c(=O)c2Cl)C(C)C1. The lowest BCUT2D eigenvalue weighted by Gasteiger charge is -2.33. The quantitative estimate of drug-likeness (QED) is 0.898. The molecular formula is C13H20ClN3O. The molecule has 1 fully saturated rings. The number of rotatable bonds is 2. The number of nitrogens with zero attached hydrogens (tertiary/aromatic N) is 2. The molecular weight excluding hydrogens is 250 g/mol. The fourth-order valence-corrected chi connectivity index (χ4v) is 2.92. The first-order chi connectivity index (χ1) is 8.49. The number of hydrogen-bond acceptors (Lipinski definition) is 3. The number of aromatic nitrogens is 2. The highest BCUT2D eigenvalue weighted by Crippen LogP contribution is 2.31. The summed E-state index contributed by atoms with van der Waals surface area (Å²) in [5.74, 6) is 1.38. The molecule has 1 aliphatic rings. The summed E-state index contributed by atoms with van der Waals surface area (Å²) in [6.07, 6.45) is 5.19. The van der Waals surface area contributed by atoms with Crippen LogP contribution in [0.15, 0.2) is 11.0 Å². The van der Waals surface area contributed by atoms with Gasteiger partial charge in [0.15, 0.2) is 0 Å². The van der Waals surface area contributed by atoms with E-state index in [1.807, 2.05) is 0 Å². The average Bonchev–Trinajstić information content (AvgIpc) is 2.33. The molecule has 0 bridgehead atoms. The predicted octanol–water partition coefficient (Wildman–Crippen LogP) is 2.67. The van der Waals surface area contributed by atoms with Gasteiger partial charge < -0.3 is 5.32 Å². The van der Waals surface area contributed by atoms with Crippen molar-refractivity contribution in [3.05, 3.63) is 21.6 Å². The lowest BCUT2D eigenvalue weighted by molar-refractivity contribution is 0.276. The van der Waals surface area contributed by atoms with Gasteiger partial charge in [-0.05, 0) is 31.1 Å². The van der Waals surface area contributed by atoms with E-state index in [1.165, 1.54) is 17.5 Å². The Morgan fingerprint density at radius 3 is 2.83 bits per heavy atom. The van der Waals surface area contributed by atoms with Crippen molar-refractivity contribution >= 4 is 17.3 Å². The van der Waals surface area contributed by atoms with Crippen molar-refractivity contribution in [1.82, 2.24) is 9.78 Å². The van der Waals surface area contributed by atoms with Crippen LogP contribution in [0.3, 0.4) is 0 Å². The second-order valence-electron chi connectivity index (χ2n) is 5.45. The summed E-state index contributed by atoms with van der Waals surface area (Å²) in [4.78, 5) is 11.7. The molecule has 0 spiro atoms. The Labute approximate surface area is 112 Å². The zero-order chi connectivity index (χ0) is 13.3. The van der Waals surface area contributed by atoms with Crippen molar-refractivity contribution in [1.29, 1.82) is 0 Å². The van der Waals surface area contributed by atoms with Crippen LogP contribution in [-0.4, -0.2) is 15.8 Å². The van der Waals surface area contributed by atoms with E-state index in [4.69, 9.17) is 11.6 Å². The Hall–Kier alpha value is -1.03. The fourth-order valence-electron chi connectivity index (χ4n) is 2.69. The first-order valence-corrected chi connectivity index (χ1v) is 6.85. The molecule has 1 aromatic heterocycles. The standard InChI is InChI=1S/C13H20ClN3O/c1-8-4-5-10(9(2)6-8)16-11-7-15-17(3)13(18)12(11)14/h7-10,16H,4-6H2,1-3H3. The first kappa shape index (κ1) is 13.4. The van der Waals surface area contributed by atoms with Crippen LogP contribution < -0.4 is 10.9 Å². The molecule has 1 N–H and O–H groups in total. The maximum atomic E-state index is 11.7. The van der Waals surface area contributed by atoms with E-state index in [0.29, 0.717) is 17.6 Å². The Morgan fingerprint density at radius 1 is 1.44 bits per heavy atom. The van der Waals surface area contributed by atoms with E-state index < -0.39 is 0 Å². The number of nitrogens with one attached hydrogen (secondary N) is 1. The molecule has 0 aliphatic heterocycles. The van der Waals surface area contributed by atoms with Crippen LogP contribution in [0.5, 0.6) is 0 Å². The third-order valence-corrected chi connectivity index (χ3v) is 4.22. The molecule has 18 heavy (non-hydrogen) atoms. The smallest absolute Gasteiger partial charge is 0.287 e. The van der Waals surface area contributed by atoms with Gasteiger partial charge in [0.25, 0.3) is 5.56 Å². The maximum Gasteiger partial charge on any atom is 0.287 e. The van der Waals surface area contributed by atoms with Crippen molar-refractivity contribution in [2.24, 2.45) is 18.9 Å². The van der Waals surface area contributed by atoms with Crippen molar-refractivity contribution in [3.8, 4) is 0 Å². The number of aryl methyl sites for hydroxylation is 1. The summed E-state index contributed by atoms with van der Waals surface area (Å²) < 4.78 is 1.25. The number of anilines is 1. The van der Waals surface area contributed by atoms with Gasteiger partial charge in [0.2, 0.25) is 0 Å².